The largest absolute Gasteiger partial charge is 0.114 e. The second-order valence-electron chi connectivity index (χ2n) is 0. The fraction of sp³-hybridized carbons (Fsp3) is 0. The molecule has 0 saturated heterocycles. The molecule has 0 aromatic heterocycles. The van der Waals surface area contributed by atoms with Crippen LogP contribution in [0.5, 0.6) is 0 Å². The van der Waals surface area contributed by atoms with Gasteiger partial charge in [0.15, 0.2) is 0 Å². The molecule has 5 heteroatoms. The molecule has 0 nitrogen and oxygen atoms in total. The van der Waals surface area contributed by atoms with Gasteiger partial charge in [0.2, 0.25) is 0 Å². The van der Waals surface area contributed by atoms with E-state index >= 15 is 0 Å². The van der Waals surface area contributed by atoms with Crippen LogP contribution in [0.1, 0.15) is 0 Å². The standard InChI is InChI=1S/As.4BrH/h;4*1H. The van der Waals surface area contributed by atoms with Crippen molar-refractivity contribution in [2.45, 2.75) is 0 Å². The van der Waals surface area contributed by atoms with E-state index in [9.17, 15) is 0 Å². The molecule has 0 atom stereocenters. The molecule has 0 unspecified atom stereocenters. The first-order valence-electron chi connectivity index (χ1n) is 0. The van der Waals surface area contributed by atoms with Gasteiger partial charge in [-0.2, -0.15) is 0 Å². The Bertz CT molecular complexity index is 3.61. The Kier molecular flexibility index (Phi) is 323. The van der Waals surface area contributed by atoms with Crippen LogP contribution >= 0.6 is 67.9 Å². The van der Waals surface area contributed by atoms with Crippen molar-refractivity contribution in [2.75, 3.05) is 0 Å². The zero-order chi connectivity index (χ0) is 0. The molecule has 5 heavy (non-hydrogen) atoms. The van der Waals surface area contributed by atoms with Gasteiger partial charge >= 0.3 is 0 Å². The molecule has 0 aromatic carbocycles. The summed E-state index contributed by atoms with van der Waals surface area (Å²) < 4.78 is 0. The number of rotatable bonds is 0. The van der Waals surface area contributed by atoms with E-state index in [1.54, 1.807) is 0 Å². The molecule has 3 radical (unpaired) electrons. The third-order valence-electron chi connectivity index (χ3n) is 0. The summed E-state index contributed by atoms with van der Waals surface area (Å²) in [5, 5.41) is 0. The van der Waals surface area contributed by atoms with E-state index in [2.05, 4.69) is 0 Å². The fourth-order valence-electron chi connectivity index (χ4n) is 0. The predicted molar refractivity (Wildman–Crippen MR) is 47.0 cm³/mol. The molecule has 0 saturated carbocycles. The van der Waals surface area contributed by atoms with E-state index in [-0.39, 0.29) is 85.9 Å². The molecular weight excluding hydrogens is 395 g/mol. The average molecular weight is 399 g/mol. The molecule has 0 heterocycles. The first-order chi connectivity index (χ1) is 0. The van der Waals surface area contributed by atoms with E-state index in [0.717, 1.165) is 0 Å². The minimum absolute atomic E-state index is 0. The normalized spacial score (nSPS) is 0. The van der Waals surface area contributed by atoms with Gasteiger partial charge in [-0.1, -0.05) is 0 Å². The fourth-order valence-corrected chi connectivity index (χ4v) is 0. The van der Waals surface area contributed by atoms with Gasteiger partial charge in [0, 0.05) is 18.0 Å². The Hall–Kier alpha value is 2.48. The van der Waals surface area contributed by atoms with Crippen LogP contribution in [0.4, 0.5) is 0 Å². The summed E-state index contributed by atoms with van der Waals surface area (Å²) in [6, 6.07) is 0. The third kappa shape index (κ3) is 21.2. The Morgan fingerprint density at radius 2 is 0.400 bits per heavy atom. The maximum atomic E-state index is 0. The van der Waals surface area contributed by atoms with Crippen molar-refractivity contribution in [2.24, 2.45) is 0 Å². The molecular formula is H4AsBr4. The van der Waals surface area contributed by atoms with Gasteiger partial charge in [-0.3, -0.25) is 0 Å². The quantitative estimate of drug-likeness (QED) is 0.547. The Morgan fingerprint density at radius 1 is 0.400 bits per heavy atom. The van der Waals surface area contributed by atoms with Gasteiger partial charge in [-0.05, 0) is 0 Å². The van der Waals surface area contributed by atoms with Gasteiger partial charge in [-0.15, -0.1) is 67.9 Å². The molecule has 0 aliphatic rings. The molecule has 0 aliphatic carbocycles. The maximum absolute atomic E-state index is 0. The van der Waals surface area contributed by atoms with E-state index in [4.69, 9.17) is 0 Å². The zero-order valence-electron chi connectivity index (χ0n) is 2.08. The first kappa shape index (κ1) is 51.1. The molecule has 0 aromatic rings. The topological polar surface area (TPSA) is 0 Å². The van der Waals surface area contributed by atoms with E-state index < -0.39 is 0 Å². The summed E-state index contributed by atoms with van der Waals surface area (Å²) in [7, 11) is 0. The van der Waals surface area contributed by atoms with Gasteiger partial charge in [-0.25, -0.2) is 0 Å². The van der Waals surface area contributed by atoms with Crippen molar-refractivity contribution in [1.29, 1.82) is 0 Å². The van der Waals surface area contributed by atoms with Gasteiger partial charge in [0.1, 0.15) is 0 Å². The summed E-state index contributed by atoms with van der Waals surface area (Å²) in [6.45, 7) is 0. The van der Waals surface area contributed by atoms with Crippen LogP contribution in [0.2, 0.25) is 0 Å². The summed E-state index contributed by atoms with van der Waals surface area (Å²) in [5.41, 5.74) is 0. The maximum Gasteiger partial charge on any atom is 0 e. The Balaban J connectivity index is 0. The van der Waals surface area contributed by atoms with Gasteiger partial charge in [0.05, 0.1) is 0 Å². The molecule has 0 aliphatic heterocycles. The second-order valence-corrected chi connectivity index (χ2v) is 0. The van der Waals surface area contributed by atoms with Crippen molar-refractivity contribution in [3.8, 4) is 0 Å². The second kappa shape index (κ2) is 31.7. The van der Waals surface area contributed by atoms with Gasteiger partial charge in [0.25, 0.3) is 0 Å². The van der Waals surface area contributed by atoms with Crippen molar-refractivity contribution < 1.29 is 0 Å². The SMILES string of the molecule is Br.Br.Br.Br.[As]. The van der Waals surface area contributed by atoms with Crippen LogP contribution in [0.15, 0.2) is 0 Å². The van der Waals surface area contributed by atoms with Crippen LogP contribution in [0, 0.1) is 0 Å². The first-order valence-corrected chi connectivity index (χ1v) is 0. The van der Waals surface area contributed by atoms with Crippen molar-refractivity contribution in [3.63, 3.8) is 0 Å². The molecule has 0 fully saturated rings. The molecule has 0 bridgehead atoms. The van der Waals surface area contributed by atoms with Crippen LogP contribution in [0.3, 0.4) is 0 Å². The third-order valence-corrected chi connectivity index (χ3v) is 0. The number of hydrogen-bond donors (Lipinski definition) is 0. The van der Waals surface area contributed by atoms with Crippen molar-refractivity contribution in [1.82, 2.24) is 0 Å². The van der Waals surface area contributed by atoms with Crippen LogP contribution in [0.25, 0.3) is 0 Å². The number of hydrogen-bond acceptors (Lipinski definition) is 0. The van der Waals surface area contributed by atoms with Gasteiger partial charge < -0.3 is 0 Å². The Morgan fingerprint density at radius 3 is 0.400 bits per heavy atom. The minimum Gasteiger partial charge on any atom is -0.114 e. The van der Waals surface area contributed by atoms with E-state index in [1.807, 2.05) is 0 Å². The Labute approximate surface area is 84.9 Å². The molecule has 0 N–H and O–H groups in total. The van der Waals surface area contributed by atoms with E-state index in [0.29, 0.717) is 0 Å². The van der Waals surface area contributed by atoms with Crippen LogP contribution in [-0.4, -0.2) is 18.0 Å². The average Bonchev–Trinajstić information content (AvgIpc) is 0. The summed E-state index contributed by atoms with van der Waals surface area (Å²) in [5.74, 6) is 0. The van der Waals surface area contributed by atoms with Crippen molar-refractivity contribution >= 4 is 85.9 Å². The molecule has 0 spiro atoms. The van der Waals surface area contributed by atoms with Crippen molar-refractivity contribution in [3.05, 3.63) is 0 Å². The minimum atomic E-state index is 0. The zero-order valence-corrected chi connectivity index (χ0v) is 10.8. The summed E-state index contributed by atoms with van der Waals surface area (Å²) in [4.78, 5) is 0. The van der Waals surface area contributed by atoms with Crippen LogP contribution in [-0.2, 0) is 0 Å². The van der Waals surface area contributed by atoms with Crippen LogP contribution < -0.4 is 0 Å². The molecule has 0 rings (SSSR count). The predicted octanol–water partition coefficient (Wildman–Crippen LogP) is 1.93. The molecule has 0 amide bonds. The monoisotopic (exact) mass is 395 g/mol. The number of halogens is 4. The summed E-state index contributed by atoms with van der Waals surface area (Å²) in [6.07, 6.45) is 0. The van der Waals surface area contributed by atoms with E-state index in [1.165, 1.54) is 0 Å². The molecule has 37 valence electrons. The summed E-state index contributed by atoms with van der Waals surface area (Å²) >= 11 is 0. The smallest absolute Gasteiger partial charge is 0 e.